The number of ether oxygens (including phenoxy) is 1. The summed E-state index contributed by atoms with van der Waals surface area (Å²) in [7, 11) is 0. The minimum atomic E-state index is 0.0434. The molecular formula is C14H20N2O2. The maximum atomic E-state index is 11.9. The van der Waals surface area contributed by atoms with Crippen LogP contribution in [0.5, 0.6) is 0 Å². The molecule has 1 heterocycles. The van der Waals surface area contributed by atoms with Crippen molar-refractivity contribution in [2.24, 2.45) is 0 Å². The second-order valence-electron chi connectivity index (χ2n) is 4.81. The van der Waals surface area contributed by atoms with E-state index in [2.05, 4.69) is 16.3 Å². The van der Waals surface area contributed by atoms with E-state index in [1.807, 2.05) is 26.0 Å². The van der Waals surface area contributed by atoms with Crippen molar-refractivity contribution in [1.29, 1.82) is 0 Å². The number of carbonyl (C=O) groups is 1. The molecule has 18 heavy (non-hydrogen) atoms. The maximum absolute atomic E-state index is 11.9. The first kappa shape index (κ1) is 13.1. The average Bonchev–Trinajstić information content (AvgIpc) is 2.28. The highest BCUT2D eigenvalue weighted by atomic mass is 16.5. The number of morpholine rings is 1. The van der Waals surface area contributed by atoms with Crippen LogP contribution in [-0.2, 0) is 9.53 Å². The SMILES string of the molecule is Cc1cc(C)cc(NC(=O)CN2CCOCC2)c1. The lowest BCUT2D eigenvalue weighted by Crippen LogP contribution is -2.41. The first-order chi connectivity index (χ1) is 8.63. The summed E-state index contributed by atoms with van der Waals surface area (Å²) in [6.45, 7) is 7.61. The highest BCUT2D eigenvalue weighted by Gasteiger charge is 2.14. The highest BCUT2D eigenvalue weighted by molar-refractivity contribution is 5.92. The lowest BCUT2D eigenvalue weighted by Gasteiger charge is -2.25. The van der Waals surface area contributed by atoms with Gasteiger partial charge in [0.1, 0.15) is 0 Å². The normalized spacial score (nSPS) is 16.6. The molecule has 1 aliphatic heterocycles. The minimum absolute atomic E-state index is 0.0434. The maximum Gasteiger partial charge on any atom is 0.238 e. The molecule has 0 bridgehead atoms. The molecule has 1 N–H and O–H groups in total. The van der Waals surface area contributed by atoms with Crippen molar-refractivity contribution in [2.75, 3.05) is 38.2 Å². The van der Waals surface area contributed by atoms with Crippen molar-refractivity contribution in [3.8, 4) is 0 Å². The van der Waals surface area contributed by atoms with Crippen LogP contribution in [0, 0.1) is 13.8 Å². The molecule has 1 aliphatic rings. The molecule has 0 radical (unpaired) electrons. The molecule has 0 aliphatic carbocycles. The van der Waals surface area contributed by atoms with E-state index in [1.54, 1.807) is 0 Å². The Kier molecular flexibility index (Phi) is 4.33. The van der Waals surface area contributed by atoms with Crippen molar-refractivity contribution >= 4 is 11.6 Å². The van der Waals surface area contributed by atoms with E-state index in [1.165, 1.54) is 0 Å². The summed E-state index contributed by atoms with van der Waals surface area (Å²) in [6, 6.07) is 6.08. The Labute approximate surface area is 108 Å². The number of amides is 1. The molecule has 2 rings (SSSR count). The molecule has 1 fully saturated rings. The monoisotopic (exact) mass is 248 g/mol. The highest BCUT2D eigenvalue weighted by Crippen LogP contribution is 2.13. The van der Waals surface area contributed by atoms with Crippen molar-refractivity contribution in [1.82, 2.24) is 4.90 Å². The summed E-state index contributed by atoms with van der Waals surface area (Å²) in [5.41, 5.74) is 3.21. The lowest BCUT2D eigenvalue weighted by atomic mass is 10.1. The summed E-state index contributed by atoms with van der Waals surface area (Å²) >= 11 is 0. The Morgan fingerprint density at radius 2 is 1.83 bits per heavy atom. The number of hydrogen-bond donors (Lipinski definition) is 1. The molecule has 0 atom stereocenters. The Bertz CT molecular complexity index is 406. The number of aryl methyl sites for hydroxylation is 2. The third kappa shape index (κ3) is 3.82. The van der Waals surface area contributed by atoms with Gasteiger partial charge in [0.05, 0.1) is 19.8 Å². The van der Waals surface area contributed by atoms with Gasteiger partial charge in [-0.15, -0.1) is 0 Å². The fourth-order valence-corrected chi connectivity index (χ4v) is 2.21. The number of benzene rings is 1. The molecule has 1 amide bonds. The minimum Gasteiger partial charge on any atom is -0.379 e. The largest absolute Gasteiger partial charge is 0.379 e. The van der Waals surface area contributed by atoms with Gasteiger partial charge in [0, 0.05) is 18.8 Å². The third-order valence-corrected chi connectivity index (χ3v) is 2.98. The van der Waals surface area contributed by atoms with Crippen LogP contribution in [0.25, 0.3) is 0 Å². The summed E-state index contributed by atoms with van der Waals surface area (Å²) in [5.74, 6) is 0.0434. The predicted molar refractivity (Wildman–Crippen MR) is 71.8 cm³/mol. The Morgan fingerprint density at radius 1 is 1.22 bits per heavy atom. The first-order valence-corrected chi connectivity index (χ1v) is 6.32. The van der Waals surface area contributed by atoms with Gasteiger partial charge in [0.2, 0.25) is 5.91 Å². The van der Waals surface area contributed by atoms with Gasteiger partial charge in [-0.3, -0.25) is 9.69 Å². The van der Waals surface area contributed by atoms with Crippen LogP contribution in [-0.4, -0.2) is 43.7 Å². The summed E-state index contributed by atoms with van der Waals surface area (Å²) in [4.78, 5) is 14.0. The lowest BCUT2D eigenvalue weighted by molar-refractivity contribution is -0.118. The number of carbonyl (C=O) groups excluding carboxylic acids is 1. The Balaban J connectivity index is 1.89. The summed E-state index contributed by atoms with van der Waals surface area (Å²) < 4.78 is 5.26. The fraction of sp³-hybridized carbons (Fsp3) is 0.500. The van der Waals surface area contributed by atoms with Gasteiger partial charge < -0.3 is 10.1 Å². The third-order valence-electron chi connectivity index (χ3n) is 2.98. The van der Waals surface area contributed by atoms with E-state index in [9.17, 15) is 4.79 Å². The molecule has 4 heteroatoms. The quantitative estimate of drug-likeness (QED) is 0.883. The van der Waals surface area contributed by atoms with Crippen LogP contribution < -0.4 is 5.32 Å². The Hall–Kier alpha value is -1.39. The van der Waals surface area contributed by atoms with Crippen LogP contribution in [0.15, 0.2) is 18.2 Å². The van der Waals surface area contributed by atoms with Crippen molar-refractivity contribution < 1.29 is 9.53 Å². The van der Waals surface area contributed by atoms with Crippen molar-refractivity contribution in [3.63, 3.8) is 0 Å². The van der Waals surface area contributed by atoms with Crippen molar-refractivity contribution in [3.05, 3.63) is 29.3 Å². The zero-order valence-corrected chi connectivity index (χ0v) is 11.0. The van der Waals surface area contributed by atoms with Gasteiger partial charge in [0.25, 0.3) is 0 Å². The summed E-state index contributed by atoms with van der Waals surface area (Å²) in [6.07, 6.45) is 0. The molecule has 0 unspecified atom stereocenters. The van der Waals surface area contributed by atoms with E-state index in [-0.39, 0.29) is 5.91 Å². The molecule has 0 spiro atoms. The Morgan fingerprint density at radius 3 is 2.44 bits per heavy atom. The number of anilines is 1. The molecule has 4 nitrogen and oxygen atoms in total. The number of nitrogens with one attached hydrogen (secondary N) is 1. The fourth-order valence-electron chi connectivity index (χ4n) is 2.21. The molecular weight excluding hydrogens is 228 g/mol. The van der Waals surface area contributed by atoms with Gasteiger partial charge in [-0.2, -0.15) is 0 Å². The van der Waals surface area contributed by atoms with E-state index in [4.69, 9.17) is 4.74 Å². The van der Waals surface area contributed by atoms with Gasteiger partial charge >= 0.3 is 0 Å². The van der Waals surface area contributed by atoms with Crippen molar-refractivity contribution in [2.45, 2.75) is 13.8 Å². The summed E-state index contributed by atoms with van der Waals surface area (Å²) in [5, 5.41) is 2.95. The average molecular weight is 248 g/mol. The van der Waals surface area contributed by atoms with E-state index >= 15 is 0 Å². The molecule has 1 aromatic rings. The van der Waals surface area contributed by atoms with Crippen LogP contribution in [0.2, 0.25) is 0 Å². The standard InChI is InChI=1S/C14H20N2O2/c1-11-7-12(2)9-13(8-11)15-14(17)10-16-3-5-18-6-4-16/h7-9H,3-6,10H2,1-2H3,(H,15,17). The molecule has 0 aromatic heterocycles. The smallest absolute Gasteiger partial charge is 0.238 e. The number of nitrogens with zero attached hydrogens (tertiary/aromatic N) is 1. The van der Waals surface area contributed by atoms with Gasteiger partial charge in [-0.1, -0.05) is 6.07 Å². The first-order valence-electron chi connectivity index (χ1n) is 6.32. The van der Waals surface area contributed by atoms with E-state index in [0.29, 0.717) is 6.54 Å². The topological polar surface area (TPSA) is 41.6 Å². The zero-order chi connectivity index (χ0) is 13.0. The van der Waals surface area contributed by atoms with Crippen LogP contribution >= 0.6 is 0 Å². The molecule has 1 aromatic carbocycles. The van der Waals surface area contributed by atoms with Gasteiger partial charge in [-0.25, -0.2) is 0 Å². The van der Waals surface area contributed by atoms with Crippen LogP contribution in [0.1, 0.15) is 11.1 Å². The number of rotatable bonds is 3. The van der Waals surface area contributed by atoms with E-state index < -0.39 is 0 Å². The van der Waals surface area contributed by atoms with Crippen LogP contribution in [0.3, 0.4) is 0 Å². The molecule has 0 saturated carbocycles. The second kappa shape index (κ2) is 5.98. The van der Waals surface area contributed by atoms with Crippen LogP contribution in [0.4, 0.5) is 5.69 Å². The predicted octanol–water partition coefficient (Wildman–Crippen LogP) is 1.57. The molecule has 1 saturated heterocycles. The second-order valence-corrected chi connectivity index (χ2v) is 4.81. The van der Waals surface area contributed by atoms with Gasteiger partial charge in [0.15, 0.2) is 0 Å². The number of hydrogen-bond acceptors (Lipinski definition) is 3. The van der Waals surface area contributed by atoms with Gasteiger partial charge in [-0.05, 0) is 37.1 Å². The van der Waals surface area contributed by atoms with E-state index in [0.717, 1.165) is 43.1 Å². The molecule has 98 valence electrons. The zero-order valence-electron chi connectivity index (χ0n) is 11.0.